The maximum atomic E-state index is 12.2. The molecule has 116 valence electrons. The van der Waals surface area contributed by atoms with Crippen molar-refractivity contribution < 1.29 is 13.9 Å². The van der Waals surface area contributed by atoms with E-state index >= 15 is 0 Å². The summed E-state index contributed by atoms with van der Waals surface area (Å²) in [4.78, 5) is 24.8. The van der Waals surface area contributed by atoms with Crippen LogP contribution in [0.3, 0.4) is 0 Å². The van der Waals surface area contributed by atoms with Gasteiger partial charge in [0.2, 0.25) is 0 Å². The van der Waals surface area contributed by atoms with Crippen LogP contribution in [-0.2, 0) is 16.0 Å². The monoisotopic (exact) mass is 309 g/mol. The fourth-order valence-corrected chi connectivity index (χ4v) is 2.79. The zero-order valence-corrected chi connectivity index (χ0v) is 12.4. The van der Waals surface area contributed by atoms with Crippen molar-refractivity contribution >= 4 is 16.7 Å². The van der Waals surface area contributed by atoms with Crippen molar-refractivity contribution in [2.75, 3.05) is 6.61 Å². The third-order valence-corrected chi connectivity index (χ3v) is 3.99. The van der Waals surface area contributed by atoms with E-state index in [-0.39, 0.29) is 18.3 Å². The van der Waals surface area contributed by atoms with Gasteiger partial charge in [0.05, 0.1) is 24.3 Å². The second kappa shape index (κ2) is 5.89. The molecule has 0 amide bonds. The first-order valence-corrected chi connectivity index (χ1v) is 7.57. The normalized spacial score (nSPS) is 17.7. The predicted molar refractivity (Wildman–Crippen MR) is 82.7 cm³/mol. The minimum absolute atomic E-state index is 0.0914. The van der Waals surface area contributed by atoms with Gasteiger partial charge in [-0.2, -0.15) is 0 Å². The molecular weight excluding hydrogens is 294 g/mol. The minimum Gasteiger partial charge on any atom is -0.443 e. The number of carbonyl (C=O) groups excluding carboxylic acids is 1. The number of pyridine rings is 2. The van der Waals surface area contributed by atoms with E-state index in [2.05, 4.69) is 15.0 Å². The molecule has 1 fully saturated rings. The van der Waals surface area contributed by atoms with Gasteiger partial charge in [0.1, 0.15) is 6.10 Å². The molecule has 6 heteroatoms. The Hall–Kier alpha value is -2.60. The smallest absolute Gasteiger partial charge is 0.181 e. The molecule has 0 aromatic carbocycles. The minimum atomic E-state index is -0.272. The Morgan fingerprint density at radius 3 is 2.96 bits per heavy atom. The summed E-state index contributed by atoms with van der Waals surface area (Å²) in [5, 5.41) is 0.920. The highest BCUT2D eigenvalue weighted by Crippen LogP contribution is 2.23. The van der Waals surface area contributed by atoms with Crippen molar-refractivity contribution in [2.24, 2.45) is 0 Å². The summed E-state index contributed by atoms with van der Waals surface area (Å²) in [7, 11) is 0. The van der Waals surface area contributed by atoms with E-state index < -0.39 is 0 Å². The molecule has 1 aliphatic rings. The van der Waals surface area contributed by atoms with Crippen LogP contribution in [-0.4, -0.2) is 33.4 Å². The molecule has 0 unspecified atom stereocenters. The molecule has 6 nitrogen and oxygen atoms in total. The summed E-state index contributed by atoms with van der Waals surface area (Å²) in [6.45, 7) is 0.673. The SMILES string of the molecule is O=C(Cc1cc2cc(-c3cnco3)cnc2cn1)[C@H]1CCCO1. The zero-order chi connectivity index (χ0) is 15.6. The predicted octanol–water partition coefficient (Wildman–Crippen LogP) is 2.58. The van der Waals surface area contributed by atoms with E-state index in [1.807, 2.05) is 12.1 Å². The number of Topliss-reactive ketones (excluding diaryl/α,β-unsaturated/α-hetero) is 1. The number of aromatic nitrogens is 3. The van der Waals surface area contributed by atoms with Crippen molar-refractivity contribution in [1.29, 1.82) is 0 Å². The fraction of sp³-hybridized carbons (Fsp3) is 0.294. The summed E-state index contributed by atoms with van der Waals surface area (Å²) < 4.78 is 10.7. The average Bonchev–Trinajstić information content (AvgIpc) is 3.27. The standard InChI is InChI=1S/C17H15N3O3/c21-15(16-2-1-3-22-16)6-13-5-11-4-12(17-9-18-10-23-17)7-20-14(11)8-19-13/h4-5,7-10,16H,1-3,6H2/t16-/m1/s1. The first-order valence-electron chi connectivity index (χ1n) is 7.57. The van der Waals surface area contributed by atoms with Gasteiger partial charge in [-0.15, -0.1) is 0 Å². The summed E-state index contributed by atoms with van der Waals surface area (Å²) in [5.74, 6) is 0.752. The molecule has 3 aromatic rings. The molecule has 0 radical (unpaired) electrons. The van der Waals surface area contributed by atoms with Gasteiger partial charge in [-0.3, -0.25) is 14.8 Å². The highest BCUT2D eigenvalue weighted by Gasteiger charge is 2.23. The lowest BCUT2D eigenvalue weighted by Crippen LogP contribution is -2.21. The third kappa shape index (κ3) is 2.85. The van der Waals surface area contributed by atoms with E-state index in [4.69, 9.17) is 9.15 Å². The maximum absolute atomic E-state index is 12.2. The maximum Gasteiger partial charge on any atom is 0.181 e. The molecule has 3 aromatic heterocycles. The van der Waals surface area contributed by atoms with Gasteiger partial charge in [-0.05, 0) is 25.0 Å². The molecule has 1 atom stereocenters. The Labute approximate surface area is 132 Å². The first-order chi connectivity index (χ1) is 11.3. The molecule has 0 N–H and O–H groups in total. The topological polar surface area (TPSA) is 78.1 Å². The van der Waals surface area contributed by atoms with Crippen LogP contribution in [0.15, 0.2) is 41.5 Å². The largest absolute Gasteiger partial charge is 0.443 e. The number of ketones is 1. The zero-order valence-electron chi connectivity index (χ0n) is 12.4. The van der Waals surface area contributed by atoms with Crippen LogP contribution in [0.5, 0.6) is 0 Å². The lowest BCUT2D eigenvalue weighted by atomic mass is 10.1. The summed E-state index contributed by atoms with van der Waals surface area (Å²) in [6.07, 6.45) is 8.22. The van der Waals surface area contributed by atoms with Gasteiger partial charge in [0.25, 0.3) is 0 Å². The number of rotatable bonds is 4. The van der Waals surface area contributed by atoms with Crippen molar-refractivity contribution in [3.8, 4) is 11.3 Å². The third-order valence-electron chi connectivity index (χ3n) is 3.99. The molecule has 0 spiro atoms. The van der Waals surface area contributed by atoms with Crippen molar-refractivity contribution in [3.05, 3.63) is 42.8 Å². The van der Waals surface area contributed by atoms with Gasteiger partial charge < -0.3 is 9.15 Å². The molecule has 23 heavy (non-hydrogen) atoms. The van der Waals surface area contributed by atoms with E-state index in [1.165, 1.54) is 6.39 Å². The molecular formula is C17H15N3O3. The molecule has 1 saturated heterocycles. The molecule has 1 aliphatic heterocycles. The summed E-state index contributed by atoms with van der Waals surface area (Å²) in [5.41, 5.74) is 2.36. The number of nitrogens with zero attached hydrogens (tertiary/aromatic N) is 3. The molecule has 0 saturated carbocycles. The highest BCUT2D eigenvalue weighted by molar-refractivity contribution is 5.87. The van der Waals surface area contributed by atoms with Crippen LogP contribution in [0.25, 0.3) is 22.2 Å². The van der Waals surface area contributed by atoms with E-state index in [0.717, 1.165) is 35.0 Å². The molecule has 0 aliphatic carbocycles. The van der Waals surface area contributed by atoms with E-state index in [0.29, 0.717) is 12.4 Å². The lowest BCUT2D eigenvalue weighted by molar-refractivity contribution is -0.127. The lowest BCUT2D eigenvalue weighted by Gasteiger charge is -2.08. The number of carbonyl (C=O) groups is 1. The Bertz CT molecular complexity index is 839. The van der Waals surface area contributed by atoms with Gasteiger partial charge in [0, 0.05) is 29.4 Å². The van der Waals surface area contributed by atoms with Gasteiger partial charge in [-0.1, -0.05) is 0 Å². The van der Waals surface area contributed by atoms with Crippen molar-refractivity contribution in [1.82, 2.24) is 15.0 Å². The number of hydrogen-bond donors (Lipinski definition) is 0. The van der Waals surface area contributed by atoms with Crippen LogP contribution in [0.2, 0.25) is 0 Å². The van der Waals surface area contributed by atoms with Crippen LogP contribution in [0.1, 0.15) is 18.5 Å². The summed E-state index contributed by atoms with van der Waals surface area (Å²) >= 11 is 0. The Kier molecular flexibility index (Phi) is 3.59. The molecule has 4 heterocycles. The molecule has 4 rings (SSSR count). The Morgan fingerprint density at radius 2 is 2.17 bits per heavy atom. The van der Waals surface area contributed by atoms with Gasteiger partial charge >= 0.3 is 0 Å². The van der Waals surface area contributed by atoms with Crippen LogP contribution in [0.4, 0.5) is 0 Å². The highest BCUT2D eigenvalue weighted by atomic mass is 16.5. The average molecular weight is 309 g/mol. The number of hydrogen-bond acceptors (Lipinski definition) is 6. The fourth-order valence-electron chi connectivity index (χ4n) is 2.79. The second-order valence-corrected chi connectivity index (χ2v) is 5.60. The second-order valence-electron chi connectivity index (χ2n) is 5.60. The Balaban J connectivity index is 1.62. The van der Waals surface area contributed by atoms with Crippen LogP contribution in [0, 0.1) is 0 Å². The quantitative estimate of drug-likeness (QED) is 0.737. The van der Waals surface area contributed by atoms with Crippen LogP contribution < -0.4 is 0 Å². The number of fused-ring (bicyclic) bond motifs is 1. The summed E-state index contributed by atoms with van der Waals surface area (Å²) in [6, 6.07) is 3.86. The molecule has 0 bridgehead atoms. The number of ether oxygens (including phenoxy) is 1. The Morgan fingerprint density at radius 1 is 1.22 bits per heavy atom. The number of oxazole rings is 1. The van der Waals surface area contributed by atoms with E-state index in [1.54, 1.807) is 18.6 Å². The van der Waals surface area contributed by atoms with Crippen LogP contribution >= 0.6 is 0 Å². The van der Waals surface area contributed by atoms with Crippen molar-refractivity contribution in [3.63, 3.8) is 0 Å². The van der Waals surface area contributed by atoms with E-state index in [9.17, 15) is 4.79 Å². The van der Waals surface area contributed by atoms with Gasteiger partial charge in [-0.25, -0.2) is 4.98 Å². The van der Waals surface area contributed by atoms with Gasteiger partial charge in [0.15, 0.2) is 17.9 Å². The van der Waals surface area contributed by atoms with Crippen molar-refractivity contribution in [2.45, 2.75) is 25.4 Å². The first kappa shape index (κ1) is 14.0.